The molecule has 5 heteroatoms. The van der Waals surface area contributed by atoms with Gasteiger partial charge in [-0.1, -0.05) is 29.8 Å². The van der Waals surface area contributed by atoms with Crippen molar-refractivity contribution in [3.8, 4) is 5.75 Å². The largest absolute Gasteiger partial charge is 0.495 e. The summed E-state index contributed by atoms with van der Waals surface area (Å²) in [5.41, 5.74) is 4.34. The van der Waals surface area contributed by atoms with Gasteiger partial charge in [0.15, 0.2) is 0 Å². The number of para-hydroxylation sites is 1. The van der Waals surface area contributed by atoms with Crippen molar-refractivity contribution < 1.29 is 9.53 Å². The first-order valence-corrected chi connectivity index (χ1v) is 8.60. The van der Waals surface area contributed by atoms with Gasteiger partial charge in [-0.3, -0.25) is 9.78 Å². The summed E-state index contributed by atoms with van der Waals surface area (Å²) in [6.45, 7) is 0. The molecule has 4 nitrogen and oxygen atoms in total. The van der Waals surface area contributed by atoms with Crippen LogP contribution in [0.5, 0.6) is 5.75 Å². The number of carbonyl (C=O) groups is 1. The summed E-state index contributed by atoms with van der Waals surface area (Å²) in [6, 6.07) is 13.0. The number of carbonyl (C=O) groups excluding carboxylic acids is 1. The van der Waals surface area contributed by atoms with Crippen LogP contribution in [0.3, 0.4) is 0 Å². The lowest BCUT2D eigenvalue weighted by molar-refractivity contribution is 0.102. The predicted molar refractivity (Wildman–Crippen MR) is 99.7 cm³/mol. The van der Waals surface area contributed by atoms with Gasteiger partial charge in [-0.15, -0.1) is 0 Å². The zero-order valence-corrected chi connectivity index (χ0v) is 14.6. The van der Waals surface area contributed by atoms with Gasteiger partial charge in [-0.25, -0.2) is 0 Å². The molecule has 1 aromatic heterocycles. The van der Waals surface area contributed by atoms with Crippen molar-refractivity contribution in [1.29, 1.82) is 0 Å². The lowest BCUT2D eigenvalue weighted by Crippen LogP contribution is -2.15. The maximum atomic E-state index is 13.0. The van der Waals surface area contributed by atoms with Crippen molar-refractivity contribution in [2.45, 2.75) is 19.3 Å². The number of nitrogens with zero attached hydrogens (tertiary/aromatic N) is 1. The number of benzene rings is 2. The maximum absolute atomic E-state index is 13.0. The molecular formula is C20H17ClN2O2. The molecule has 0 saturated heterocycles. The molecule has 0 aliphatic heterocycles. The van der Waals surface area contributed by atoms with E-state index in [1.165, 1.54) is 0 Å². The van der Waals surface area contributed by atoms with E-state index in [1.54, 1.807) is 25.3 Å². The fraction of sp³-hybridized carbons (Fsp3) is 0.200. The molecule has 1 aliphatic rings. The van der Waals surface area contributed by atoms with Crippen molar-refractivity contribution in [3.05, 3.63) is 64.3 Å². The van der Waals surface area contributed by atoms with Crippen molar-refractivity contribution in [1.82, 2.24) is 4.98 Å². The molecule has 25 heavy (non-hydrogen) atoms. The van der Waals surface area contributed by atoms with Crippen LogP contribution in [0.25, 0.3) is 10.9 Å². The van der Waals surface area contributed by atoms with Gasteiger partial charge in [0.05, 0.1) is 23.2 Å². The number of fused-ring (bicyclic) bond motifs is 2. The van der Waals surface area contributed by atoms with Crippen molar-refractivity contribution in [2.75, 3.05) is 12.4 Å². The molecule has 2 aromatic carbocycles. The summed E-state index contributed by atoms with van der Waals surface area (Å²) in [5.74, 6) is 0.452. The molecule has 1 N–H and O–H groups in total. The summed E-state index contributed by atoms with van der Waals surface area (Å²) < 4.78 is 5.15. The zero-order chi connectivity index (χ0) is 17.4. The van der Waals surface area contributed by atoms with Crippen LogP contribution >= 0.6 is 11.6 Å². The van der Waals surface area contributed by atoms with E-state index in [1.807, 2.05) is 24.3 Å². The highest BCUT2D eigenvalue weighted by Crippen LogP contribution is 2.31. The summed E-state index contributed by atoms with van der Waals surface area (Å²) in [7, 11) is 1.56. The van der Waals surface area contributed by atoms with Gasteiger partial charge in [0.1, 0.15) is 5.75 Å². The van der Waals surface area contributed by atoms with E-state index in [-0.39, 0.29) is 5.91 Å². The summed E-state index contributed by atoms with van der Waals surface area (Å²) >= 11 is 6.16. The Morgan fingerprint density at radius 1 is 1.20 bits per heavy atom. The van der Waals surface area contributed by atoms with Gasteiger partial charge >= 0.3 is 0 Å². The van der Waals surface area contributed by atoms with E-state index in [2.05, 4.69) is 5.32 Å². The van der Waals surface area contributed by atoms with Crippen LogP contribution in [0.4, 0.5) is 5.69 Å². The molecule has 1 heterocycles. The minimum absolute atomic E-state index is 0.127. The first kappa shape index (κ1) is 15.9. The first-order valence-electron chi connectivity index (χ1n) is 8.23. The number of pyridine rings is 1. The third kappa shape index (κ3) is 2.83. The molecule has 0 radical (unpaired) electrons. The maximum Gasteiger partial charge on any atom is 0.256 e. The number of hydrogen-bond donors (Lipinski definition) is 1. The third-order valence-corrected chi connectivity index (χ3v) is 4.85. The molecule has 0 atom stereocenters. The summed E-state index contributed by atoms with van der Waals surface area (Å²) in [6.07, 6.45) is 2.85. The Morgan fingerprint density at radius 3 is 2.84 bits per heavy atom. The Bertz CT molecular complexity index is 985. The predicted octanol–water partition coefficient (Wildman–Crippen LogP) is 4.64. The minimum Gasteiger partial charge on any atom is -0.495 e. The minimum atomic E-state index is -0.127. The monoisotopic (exact) mass is 352 g/mol. The Morgan fingerprint density at radius 2 is 2.04 bits per heavy atom. The first-order chi connectivity index (χ1) is 12.2. The Kier molecular flexibility index (Phi) is 4.06. The fourth-order valence-corrected chi connectivity index (χ4v) is 3.67. The molecule has 0 saturated carbocycles. The number of nitrogens with one attached hydrogen (secondary N) is 1. The van der Waals surface area contributed by atoms with Crippen molar-refractivity contribution >= 4 is 34.1 Å². The second kappa shape index (κ2) is 6.37. The zero-order valence-electron chi connectivity index (χ0n) is 13.8. The number of aryl methyl sites for hydroxylation is 1. The molecule has 3 aromatic rings. The lowest BCUT2D eigenvalue weighted by atomic mass is 10.0. The molecule has 1 aliphatic carbocycles. The molecule has 126 valence electrons. The molecule has 0 bridgehead atoms. The SMILES string of the molecule is COc1ccc(NC(=O)c2c3c(nc4ccccc24)CCC3)cc1Cl. The Balaban J connectivity index is 1.76. The highest BCUT2D eigenvalue weighted by Gasteiger charge is 2.23. The quantitative estimate of drug-likeness (QED) is 0.747. The highest BCUT2D eigenvalue weighted by molar-refractivity contribution is 6.32. The van der Waals surface area contributed by atoms with E-state index in [9.17, 15) is 4.79 Å². The average molecular weight is 353 g/mol. The average Bonchev–Trinajstić information content (AvgIpc) is 3.07. The fourth-order valence-electron chi connectivity index (χ4n) is 3.41. The second-order valence-electron chi connectivity index (χ2n) is 6.09. The number of ether oxygens (including phenoxy) is 1. The van der Waals surface area contributed by atoms with Crippen LogP contribution in [0.15, 0.2) is 42.5 Å². The molecule has 0 unspecified atom stereocenters. The van der Waals surface area contributed by atoms with Crippen LogP contribution in [-0.2, 0) is 12.8 Å². The number of halogens is 1. The normalized spacial score (nSPS) is 12.9. The molecule has 4 rings (SSSR count). The van der Waals surface area contributed by atoms with Gasteiger partial charge in [-0.05, 0) is 49.1 Å². The number of anilines is 1. The highest BCUT2D eigenvalue weighted by atomic mass is 35.5. The molecule has 1 amide bonds. The van der Waals surface area contributed by atoms with Gasteiger partial charge in [0, 0.05) is 16.8 Å². The van der Waals surface area contributed by atoms with Crippen molar-refractivity contribution in [3.63, 3.8) is 0 Å². The lowest BCUT2D eigenvalue weighted by Gasteiger charge is -2.13. The summed E-state index contributed by atoms with van der Waals surface area (Å²) in [5, 5.41) is 4.32. The van der Waals surface area contributed by atoms with Gasteiger partial charge in [0.25, 0.3) is 5.91 Å². The van der Waals surface area contributed by atoms with E-state index < -0.39 is 0 Å². The smallest absolute Gasteiger partial charge is 0.256 e. The number of rotatable bonds is 3. The van der Waals surface area contributed by atoms with Crippen LogP contribution in [0.1, 0.15) is 28.0 Å². The van der Waals surface area contributed by atoms with Crippen molar-refractivity contribution in [2.24, 2.45) is 0 Å². The van der Waals surface area contributed by atoms with Gasteiger partial charge in [-0.2, -0.15) is 0 Å². The summed E-state index contributed by atoms with van der Waals surface area (Å²) in [4.78, 5) is 17.8. The van der Waals surface area contributed by atoms with E-state index in [4.69, 9.17) is 21.3 Å². The Hall–Kier alpha value is -2.59. The van der Waals surface area contributed by atoms with Crippen LogP contribution in [0, 0.1) is 0 Å². The van der Waals surface area contributed by atoms with Crippen LogP contribution in [-0.4, -0.2) is 18.0 Å². The number of aromatic nitrogens is 1. The standard InChI is InChI=1S/C20H17ClN2O2/c1-25-18-10-9-12(11-15(18)21)22-20(24)19-13-5-2-3-7-16(13)23-17-8-4-6-14(17)19/h2-3,5,7,9-11H,4,6,8H2,1H3,(H,22,24). The van der Waals surface area contributed by atoms with Crippen LogP contribution in [0.2, 0.25) is 5.02 Å². The number of amides is 1. The van der Waals surface area contributed by atoms with E-state index in [0.29, 0.717) is 16.5 Å². The molecule has 0 spiro atoms. The van der Waals surface area contributed by atoms with E-state index in [0.717, 1.165) is 47.0 Å². The Labute approximate surface area is 150 Å². The second-order valence-corrected chi connectivity index (χ2v) is 6.49. The number of methoxy groups -OCH3 is 1. The van der Waals surface area contributed by atoms with Crippen LogP contribution < -0.4 is 10.1 Å². The van der Waals surface area contributed by atoms with Gasteiger partial charge < -0.3 is 10.1 Å². The van der Waals surface area contributed by atoms with Gasteiger partial charge in [0.2, 0.25) is 0 Å². The topological polar surface area (TPSA) is 51.2 Å². The molecular weight excluding hydrogens is 336 g/mol. The number of hydrogen-bond acceptors (Lipinski definition) is 3. The third-order valence-electron chi connectivity index (χ3n) is 4.56. The van der Waals surface area contributed by atoms with E-state index >= 15 is 0 Å². The molecule has 0 fully saturated rings.